The van der Waals surface area contributed by atoms with Crippen molar-refractivity contribution < 1.29 is 94.5 Å². The van der Waals surface area contributed by atoms with Crippen LogP contribution in [0.3, 0.4) is 0 Å². The Morgan fingerprint density at radius 3 is 1.82 bits per heavy atom. The summed E-state index contributed by atoms with van der Waals surface area (Å²) >= 11 is 0. The van der Waals surface area contributed by atoms with E-state index < -0.39 is 123 Å². The Morgan fingerprint density at radius 2 is 1.21 bits per heavy atom. The summed E-state index contributed by atoms with van der Waals surface area (Å²) < 4.78 is 36.0. The molecule has 384 valence electrons. The highest BCUT2D eigenvalue weighted by molar-refractivity contribution is 5.73. The summed E-state index contributed by atoms with van der Waals surface area (Å²) in [7, 11) is 0. The molecule has 0 aromatic carbocycles. The zero-order valence-electron chi connectivity index (χ0n) is 39.8. The molecule has 12 N–H and O–H groups in total. The smallest absolute Gasteiger partial charge is 0.335 e. The minimum absolute atomic E-state index is 0.00861. The number of ether oxygens (including phenoxy) is 6. The minimum atomic E-state index is -2.10. The van der Waals surface area contributed by atoms with E-state index in [0.29, 0.717) is 12.8 Å². The van der Waals surface area contributed by atoms with Crippen LogP contribution >= 0.6 is 0 Å². The third kappa shape index (κ3) is 8.10. The first-order valence-electron chi connectivity index (χ1n) is 24.4. The minimum Gasteiger partial charge on any atom is -0.479 e. The molecule has 0 radical (unpaired) electrons. The van der Waals surface area contributed by atoms with Crippen LogP contribution in [0.1, 0.15) is 106 Å². The Balaban J connectivity index is 1.08. The molecule has 19 nitrogen and oxygen atoms in total. The maximum Gasteiger partial charge on any atom is 0.335 e. The first-order valence-corrected chi connectivity index (χ1v) is 24.4. The molecule has 3 heterocycles. The average Bonchev–Trinajstić information content (AvgIpc) is 3.27. The second kappa shape index (κ2) is 18.2. The zero-order chi connectivity index (χ0) is 49.1. The molecule has 3 saturated heterocycles. The maximum atomic E-state index is 12.5. The quantitative estimate of drug-likeness (QED) is 0.0986. The van der Waals surface area contributed by atoms with Crippen molar-refractivity contribution >= 4 is 5.97 Å². The Bertz CT molecular complexity index is 1830. The lowest BCUT2D eigenvalue weighted by molar-refractivity contribution is -0.397. The monoisotopic (exact) mass is 959 g/mol. The van der Waals surface area contributed by atoms with E-state index in [4.69, 9.17) is 28.4 Å². The largest absolute Gasteiger partial charge is 0.479 e. The summed E-state index contributed by atoms with van der Waals surface area (Å²) in [6.45, 7) is 14.0. The first-order chi connectivity index (χ1) is 31.3. The van der Waals surface area contributed by atoms with Gasteiger partial charge < -0.3 is 89.7 Å². The van der Waals surface area contributed by atoms with E-state index in [1.807, 2.05) is 6.92 Å². The molecule has 8 rings (SSSR count). The Hall–Kier alpha value is -1.47. The molecule has 19 heteroatoms. The molecule has 25 atom stereocenters. The van der Waals surface area contributed by atoms with Crippen LogP contribution in [0.25, 0.3) is 0 Å². The van der Waals surface area contributed by atoms with E-state index in [0.717, 1.165) is 44.9 Å². The number of fused-ring (bicyclic) bond motifs is 7. The number of aliphatic carboxylic acids is 1. The van der Waals surface area contributed by atoms with Gasteiger partial charge >= 0.3 is 5.97 Å². The zero-order valence-corrected chi connectivity index (χ0v) is 39.8. The van der Waals surface area contributed by atoms with Crippen LogP contribution in [-0.2, 0) is 33.2 Å². The van der Waals surface area contributed by atoms with Crippen molar-refractivity contribution in [3.8, 4) is 0 Å². The van der Waals surface area contributed by atoms with Gasteiger partial charge in [0.1, 0.15) is 67.1 Å². The molecular formula is C48H78O19. The fourth-order valence-electron chi connectivity index (χ4n) is 15.2. The van der Waals surface area contributed by atoms with E-state index in [9.17, 15) is 66.1 Å². The summed E-state index contributed by atoms with van der Waals surface area (Å²) in [5, 5.41) is 130. The lowest BCUT2D eigenvalue weighted by atomic mass is 9.33. The van der Waals surface area contributed by atoms with Gasteiger partial charge in [-0.1, -0.05) is 60.1 Å². The topological polar surface area (TPSA) is 315 Å². The third-order valence-corrected chi connectivity index (χ3v) is 19.5. The number of hydrogen-bond donors (Lipinski definition) is 12. The van der Waals surface area contributed by atoms with Crippen LogP contribution in [0.15, 0.2) is 11.6 Å². The van der Waals surface area contributed by atoms with Gasteiger partial charge in [0.25, 0.3) is 0 Å². The normalized spacial score (nSPS) is 55.3. The standard InChI is InChI=1S/C48H78O19/c1-43(2)16-22-21-8-9-26-45(4)12-11-28(46(5,20-51)25(45)10-13-48(26,7)47(21,6)15-14-44(22,3)27(52)17-43)64-42-38(34(58)33(57)36(65-42)39(60)61)67-41-37(32(56)30(54)24(19-50)63-41)66-40-35(59)31(55)29(53)23(18-49)62-40/h8,22-38,40-42,49-59H,9-20H2,1-7H3,(H,60,61)/t22-,23-,24+,25+,26-,27+,28-,29+,30-,31-,32+,33-,34+,35+,36+,37-,38+,40-,41+,42+,44+,45-,46-,47+,48-/m1/s1. The first kappa shape index (κ1) is 51.9. The molecule has 5 aliphatic carbocycles. The number of allylic oxidation sites excluding steroid dienone is 2. The summed E-state index contributed by atoms with van der Waals surface area (Å²) in [4.78, 5) is 12.5. The SMILES string of the molecule is CC1(C)C[C@@H]2C3=CC[C@@H]4[C@]5(C)CC[C@@H](O[C@H]6O[C@H](C(=O)O)[C@H](O)[C@H](O)[C@@H]6O[C@@H]6O[C@@H](CO)[C@@H](O)[C@H](O)[C@H]6O[C@H]6O[C@H](CO)[C@H](O)[C@@H](O)[C@@H]6O)[C@](C)(CO)[C@H]5CC[C@@]4(C)[C@@]3(C)CC[C@]2(C)[C@@H](O)C1. The van der Waals surface area contributed by atoms with Gasteiger partial charge in [0, 0.05) is 10.8 Å². The Kier molecular flexibility index (Phi) is 14.1. The summed E-state index contributed by atoms with van der Waals surface area (Å²) in [6, 6.07) is 0. The molecule has 0 unspecified atom stereocenters. The number of carboxylic acid groups (broad SMARTS) is 1. The molecule has 0 aromatic rings. The van der Waals surface area contributed by atoms with Gasteiger partial charge in [-0.05, 0) is 97.2 Å². The van der Waals surface area contributed by atoms with Gasteiger partial charge in [-0.2, -0.15) is 0 Å². The van der Waals surface area contributed by atoms with Gasteiger partial charge in [0.15, 0.2) is 25.0 Å². The molecule has 0 amide bonds. The molecule has 8 aliphatic rings. The van der Waals surface area contributed by atoms with Crippen molar-refractivity contribution in [1.29, 1.82) is 0 Å². The predicted molar refractivity (Wildman–Crippen MR) is 232 cm³/mol. The van der Waals surface area contributed by atoms with E-state index in [2.05, 4.69) is 47.6 Å². The lowest BCUT2D eigenvalue weighted by Crippen LogP contribution is -2.68. The maximum absolute atomic E-state index is 12.5. The number of carbonyl (C=O) groups is 1. The summed E-state index contributed by atoms with van der Waals surface area (Å²) in [6.07, 6.45) is -19.2. The second-order valence-corrected chi connectivity index (χ2v) is 23.6. The summed E-state index contributed by atoms with van der Waals surface area (Å²) in [5.41, 5.74) is -0.143. The molecule has 4 saturated carbocycles. The molecule has 0 bridgehead atoms. The lowest BCUT2D eigenvalue weighted by Gasteiger charge is -2.72. The predicted octanol–water partition coefficient (Wildman–Crippen LogP) is -0.323. The van der Waals surface area contributed by atoms with E-state index in [1.165, 1.54) is 5.57 Å². The van der Waals surface area contributed by atoms with Crippen LogP contribution in [0.2, 0.25) is 0 Å². The van der Waals surface area contributed by atoms with Crippen molar-refractivity contribution in [1.82, 2.24) is 0 Å². The second-order valence-electron chi connectivity index (χ2n) is 23.6. The highest BCUT2D eigenvalue weighted by Crippen LogP contribution is 2.76. The molecule has 67 heavy (non-hydrogen) atoms. The fourth-order valence-corrected chi connectivity index (χ4v) is 15.2. The van der Waals surface area contributed by atoms with E-state index in [-0.39, 0.29) is 57.5 Å². The van der Waals surface area contributed by atoms with Crippen molar-refractivity contribution in [2.24, 2.45) is 50.2 Å². The number of carboxylic acids is 1. The number of hydrogen-bond acceptors (Lipinski definition) is 18. The molecule has 0 spiro atoms. The summed E-state index contributed by atoms with van der Waals surface area (Å²) in [5.74, 6) is -1.22. The van der Waals surface area contributed by atoms with Gasteiger partial charge in [-0.25, -0.2) is 4.79 Å². The van der Waals surface area contributed by atoms with E-state index in [1.54, 1.807) is 0 Å². The highest BCUT2D eigenvalue weighted by Gasteiger charge is 2.70. The van der Waals surface area contributed by atoms with Crippen molar-refractivity contribution in [2.45, 2.75) is 211 Å². The van der Waals surface area contributed by atoms with Crippen molar-refractivity contribution in [3.05, 3.63) is 11.6 Å². The molecule has 0 aromatic heterocycles. The van der Waals surface area contributed by atoms with Crippen LogP contribution in [-0.4, -0.2) is 191 Å². The van der Waals surface area contributed by atoms with Gasteiger partial charge in [-0.3, -0.25) is 0 Å². The van der Waals surface area contributed by atoms with Crippen molar-refractivity contribution in [2.75, 3.05) is 19.8 Å². The van der Waals surface area contributed by atoms with Crippen LogP contribution in [0.5, 0.6) is 0 Å². The molecule has 3 aliphatic heterocycles. The van der Waals surface area contributed by atoms with Gasteiger partial charge in [-0.15, -0.1) is 0 Å². The molecule has 7 fully saturated rings. The number of rotatable bonds is 10. The molecular weight excluding hydrogens is 881 g/mol. The Morgan fingerprint density at radius 1 is 0.627 bits per heavy atom. The van der Waals surface area contributed by atoms with Crippen LogP contribution in [0.4, 0.5) is 0 Å². The highest BCUT2D eigenvalue weighted by atomic mass is 16.8. The van der Waals surface area contributed by atoms with Crippen LogP contribution in [0, 0.1) is 50.2 Å². The average molecular weight is 959 g/mol. The number of aliphatic hydroxyl groups excluding tert-OH is 11. The van der Waals surface area contributed by atoms with E-state index >= 15 is 0 Å². The Labute approximate surface area is 392 Å². The number of aliphatic hydroxyl groups is 11. The fraction of sp³-hybridized carbons (Fsp3) is 0.938. The van der Waals surface area contributed by atoms with Crippen LogP contribution < -0.4 is 0 Å². The van der Waals surface area contributed by atoms with Gasteiger partial charge in [0.2, 0.25) is 0 Å². The third-order valence-electron chi connectivity index (χ3n) is 19.5. The van der Waals surface area contributed by atoms with Crippen molar-refractivity contribution in [3.63, 3.8) is 0 Å². The van der Waals surface area contributed by atoms with Gasteiger partial charge in [0.05, 0.1) is 32.0 Å².